The van der Waals surface area contributed by atoms with Crippen LogP contribution in [0.4, 0.5) is 10.1 Å². The summed E-state index contributed by atoms with van der Waals surface area (Å²) in [5.74, 6) is 0.136. The van der Waals surface area contributed by atoms with Gasteiger partial charge in [0.05, 0.1) is 5.54 Å². The largest absolute Gasteiger partial charge is 0.379 e. The molecule has 1 aliphatic heterocycles. The van der Waals surface area contributed by atoms with Crippen LogP contribution in [0.2, 0.25) is 0 Å². The lowest BCUT2D eigenvalue weighted by Crippen LogP contribution is -2.29. The van der Waals surface area contributed by atoms with Gasteiger partial charge in [-0.1, -0.05) is 30.0 Å². The molecule has 1 unspecified atom stereocenters. The maximum Gasteiger partial charge on any atom is 0.272 e. The van der Waals surface area contributed by atoms with Gasteiger partial charge < -0.3 is 16.0 Å². The Hall–Kier alpha value is -2.80. The Kier molecular flexibility index (Phi) is 4.39. The number of amidine groups is 1. The lowest BCUT2D eigenvalue weighted by Gasteiger charge is -2.30. The summed E-state index contributed by atoms with van der Waals surface area (Å²) < 4.78 is 14.5. The molecule has 2 aromatic carbocycles. The molecule has 5 nitrogen and oxygen atoms in total. The van der Waals surface area contributed by atoms with E-state index in [1.807, 2.05) is 31.2 Å². The number of aliphatic imine (C=N–C) groups is 1. The molecule has 27 heavy (non-hydrogen) atoms. The van der Waals surface area contributed by atoms with E-state index in [2.05, 4.69) is 15.3 Å². The number of para-hydroxylation sites is 1. The van der Waals surface area contributed by atoms with Crippen molar-refractivity contribution in [3.05, 3.63) is 65.6 Å². The van der Waals surface area contributed by atoms with Gasteiger partial charge >= 0.3 is 0 Å². The molecule has 0 saturated heterocycles. The summed E-state index contributed by atoms with van der Waals surface area (Å²) in [7, 11) is 0. The van der Waals surface area contributed by atoms with Crippen molar-refractivity contribution < 1.29 is 9.18 Å². The van der Waals surface area contributed by atoms with E-state index in [-0.39, 0.29) is 11.7 Å². The number of amides is 1. The Morgan fingerprint density at radius 3 is 2.89 bits per heavy atom. The highest BCUT2D eigenvalue weighted by Crippen LogP contribution is 2.37. The van der Waals surface area contributed by atoms with Gasteiger partial charge in [-0.15, -0.1) is 0 Å². The summed E-state index contributed by atoms with van der Waals surface area (Å²) in [5, 5.41) is 4.24. The first-order valence-corrected chi connectivity index (χ1v) is 9.60. The van der Waals surface area contributed by atoms with Crippen LogP contribution in [-0.4, -0.2) is 21.8 Å². The van der Waals surface area contributed by atoms with E-state index in [0.29, 0.717) is 28.5 Å². The van der Waals surface area contributed by atoms with E-state index in [0.717, 1.165) is 16.7 Å². The van der Waals surface area contributed by atoms with Crippen LogP contribution in [0, 0.1) is 5.82 Å². The number of nitrogens with two attached hydrogens (primary N) is 1. The molecule has 1 aromatic heterocycles. The Labute approximate surface area is 160 Å². The molecule has 0 radical (unpaired) electrons. The molecule has 1 aliphatic rings. The number of H-pyrrole nitrogens is 1. The molecular formula is C20H19FN4OS. The van der Waals surface area contributed by atoms with Crippen LogP contribution < -0.4 is 11.1 Å². The van der Waals surface area contributed by atoms with Crippen molar-refractivity contribution >= 4 is 39.4 Å². The molecule has 0 spiro atoms. The molecule has 3 aromatic rings. The smallest absolute Gasteiger partial charge is 0.272 e. The van der Waals surface area contributed by atoms with Gasteiger partial charge in [-0.05, 0) is 43.7 Å². The lowest BCUT2D eigenvalue weighted by molar-refractivity contribution is 0.102. The number of hydrogen-bond acceptors (Lipinski definition) is 4. The predicted octanol–water partition coefficient (Wildman–Crippen LogP) is 4.23. The first-order chi connectivity index (χ1) is 12.9. The second kappa shape index (κ2) is 6.74. The van der Waals surface area contributed by atoms with Gasteiger partial charge in [-0.2, -0.15) is 0 Å². The zero-order valence-electron chi connectivity index (χ0n) is 14.8. The van der Waals surface area contributed by atoms with E-state index in [1.165, 1.54) is 17.8 Å². The number of rotatable bonds is 3. The summed E-state index contributed by atoms with van der Waals surface area (Å²) in [5.41, 5.74) is 7.40. The minimum absolute atomic E-state index is 0.281. The van der Waals surface area contributed by atoms with E-state index >= 15 is 0 Å². The summed E-state index contributed by atoms with van der Waals surface area (Å²) in [6.07, 6.45) is 0.675. The predicted molar refractivity (Wildman–Crippen MR) is 109 cm³/mol. The maximum atomic E-state index is 14.5. The van der Waals surface area contributed by atoms with E-state index in [4.69, 9.17) is 5.73 Å². The Balaban J connectivity index is 1.63. The zero-order valence-corrected chi connectivity index (χ0v) is 15.6. The van der Waals surface area contributed by atoms with Gasteiger partial charge in [0.1, 0.15) is 11.5 Å². The summed E-state index contributed by atoms with van der Waals surface area (Å²) >= 11 is 1.47. The Bertz CT molecular complexity index is 1030. The van der Waals surface area contributed by atoms with Crippen molar-refractivity contribution in [3.63, 3.8) is 0 Å². The van der Waals surface area contributed by atoms with Gasteiger partial charge in [-0.3, -0.25) is 9.79 Å². The van der Waals surface area contributed by atoms with Gasteiger partial charge in [0.15, 0.2) is 5.17 Å². The number of aromatic amines is 1. The van der Waals surface area contributed by atoms with Gasteiger partial charge in [0.2, 0.25) is 0 Å². The summed E-state index contributed by atoms with van der Waals surface area (Å²) in [6, 6.07) is 14.0. The van der Waals surface area contributed by atoms with Crippen LogP contribution in [0.25, 0.3) is 10.9 Å². The van der Waals surface area contributed by atoms with Crippen molar-refractivity contribution in [2.24, 2.45) is 10.7 Å². The van der Waals surface area contributed by atoms with Crippen LogP contribution in [0.15, 0.2) is 53.5 Å². The van der Waals surface area contributed by atoms with Gasteiger partial charge in [0, 0.05) is 27.9 Å². The van der Waals surface area contributed by atoms with Crippen LogP contribution in [-0.2, 0) is 5.54 Å². The third-order valence-electron chi connectivity index (χ3n) is 4.77. The molecule has 7 heteroatoms. The molecule has 138 valence electrons. The number of aromatic nitrogens is 1. The molecule has 0 bridgehead atoms. The van der Waals surface area contributed by atoms with Crippen molar-refractivity contribution in [2.75, 3.05) is 11.1 Å². The van der Waals surface area contributed by atoms with Crippen LogP contribution >= 0.6 is 11.8 Å². The number of benzene rings is 2. The van der Waals surface area contributed by atoms with Crippen LogP contribution in [0.1, 0.15) is 29.4 Å². The fourth-order valence-corrected chi connectivity index (χ4v) is 4.27. The number of halogens is 1. The number of anilines is 1. The number of nitrogens with one attached hydrogen (secondary N) is 2. The third kappa shape index (κ3) is 3.42. The summed E-state index contributed by atoms with van der Waals surface area (Å²) in [6.45, 7) is 1.86. The number of fused-ring (bicyclic) bond motifs is 1. The second-order valence-electron chi connectivity index (χ2n) is 6.74. The second-order valence-corrected chi connectivity index (χ2v) is 7.86. The molecule has 1 atom stereocenters. The van der Waals surface area contributed by atoms with Crippen molar-refractivity contribution in [2.45, 2.75) is 18.9 Å². The average molecular weight is 382 g/mol. The highest BCUT2D eigenvalue weighted by Gasteiger charge is 2.32. The van der Waals surface area contributed by atoms with Gasteiger partial charge in [0.25, 0.3) is 5.91 Å². The highest BCUT2D eigenvalue weighted by atomic mass is 32.2. The third-order valence-corrected chi connectivity index (χ3v) is 5.57. The molecule has 2 heterocycles. The molecule has 1 amide bonds. The zero-order chi connectivity index (χ0) is 19.0. The molecule has 4 N–H and O–H groups in total. The Morgan fingerprint density at radius 1 is 1.30 bits per heavy atom. The fraction of sp³-hybridized carbons (Fsp3) is 0.200. The first-order valence-electron chi connectivity index (χ1n) is 8.62. The fourth-order valence-electron chi connectivity index (χ4n) is 3.29. The van der Waals surface area contributed by atoms with Crippen LogP contribution in [0.5, 0.6) is 0 Å². The number of thioether (sulfide) groups is 1. The van der Waals surface area contributed by atoms with Crippen LogP contribution in [0.3, 0.4) is 0 Å². The minimum Gasteiger partial charge on any atom is -0.379 e. The normalized spacial score (nSPS) is 19.7. The Morgan fingerprint density at radius 2 is 2.11 bits per heavy atom. The number of hydrogen-bond donors (Lipinski definition) is 3. The monoisotopic (exact) mass is 382 g/mol. The highest BCUT2D eigenvalue weighted by molar-refractivity contribution is 8.13. The average Bonchev–Trinajstić information content (AvgIpc) is 3.07. The molecule has 0 fully saturated rings. The molecular weight excluding hydrogens is 363 g/mol. The van der Waals surface area contributed by atoms with E-state index in [9.17, 15) is 9.18 Å². The maximum absolute atomic E-state index is 14.5. The topological polar surface area (TPSA) is 83.3 Å². The molecule has 4 rings (SSSR count). The standard InChI is InChI=1S/C20H19FN4OS/c1-20(8-9-27-19(22)25-20)14-11-13(6-7-15(14)21)23-18(26)17-10-12-4-2-3-5-16(12)24-17/h2-7,10-11,24H,8-9H2,1H3,(H2,22,25)(H,23,26). The van der Waals surface area contributed by atoms with Crippen molar-refractivity contribution in [3.8, 4) is 0 Å². The summed E-state index contributed by atoms with van der Waals surface area (Å²) in [4.78, 5) is 20.1. The lowest BCUT2D eigenvalue weighted by atomic mass is 9.89. The number of nitrogens with zero attached hydrogens (tertiary/aromatic N) is 1. The van der Waals surface area contributed by atoms with Gasteiger partial charge in [-0.25, -0.2) is 4.39 Å². The quantitative estimate of drug-likeness (QED) is 0.634. The minimum atomic E-state index is -0.735. The SMILES string of the molecule is CC1(c2cc(NC(=O)c3cc4ccccc4[nH]3)ccc2F)CCSC(N)=N1. The molecule has 0 saturated carbocycles. The van der Waals surface area contributed by atoms with Crippen molar-refractivity contribution in [1.82, 2.24) is 4.98 Å². The molecule has 0 aliphatic carbocycles. The first kappa shape index (κ1) is 17.6. The number of carbonyl (C=O) groups excluding carboxylic acids is 1. The number of carbonyl (C=O) groups is 1. The van der Waals surface area contributed by atoms with E-state index < -0.39 is 5.54 Å². The van der Waals surface area contributed by atoms with E-state index in [1.54, 1.807) is 18.2 Å². The van der Waals surface area contributed by atoms with Crippen molar-refractivity contribution in [1.29, 1.82) is 0 Å².